The van der Waals surface area contributed by atoms with Crippen LogP contribution in [0.15, 0.2) is 12.2 Å². The minimum Gasteiger partial charge on any atom is -0.299 e. The van der Waals surface area contributed by atoms with E-state index in [9.17, 15) is 4.79 Å². The molecule has 0 heterocycles. The van der Waals surface area contributed by atoms with Crippen molar-refractivity contribution in [3.63, 3.8) is 0 Å². The molecular formula is C14H26O. The first kappa shape index (κ1) is 14.4. The summed E-state index contributed by atoms with van der Waals surface area (Å²) in [6.45, 7) is 14.0. The first-order valence-electron chi connectivity index (χ1n) is 5.94. The molecule has 0 aromatic carbocycles. The van der Waals surface area contributed by atoms with Crippen molar-refractivity contribution in [1.29, 1.82) is 0 Å². The van der Waals surface area contributed by atoms with Crippen LogP contribution in [-0.4, -0.2) is 5.78 Å². The largest absolute Gasteiger partial charge is 0.299 e. The fourth-order valence-corrected chi connectivity index (χ4v) is 1.75. The molecular weight excluding hydrogens is 184 g/mol. The molecule has 15 heavy (non-hydrogen) atoms. The van der Waals surface area contributed by atoms with Gasteiger partial charge in [-0.3, -0.25) is 4.79 Å². The summed E-state index contributed by atoms with van der Waals surface area (Å²) in [6.07, 6.45) is 4.41. The smallest absolute Gasteiger partial charge is 0.140 e. The molecule has 0 saturated heterocycles. The van der Waals surface area contributed by atoms with Crippen molar-refractivity contribution in [2.45, 2.75) is 60.3 Å². The van der Waals surface area contributed by atoms with Gasteiger partial charge in [0.25, 0.3) is 0 Å². The molecule has 0 aliphatic heterocycles. The van der Waals surface area contributed by atoms with E-state index in [1.54, 1.807) is 0 Å². The summed E-state index contributed by atoms with van der Waals surface area (Å²) in [5, 5.41) is 0. The molecule has 0 fully saturated rings. The highest BCUT2D eigenvalue weighted by molar-refractivity contribution is 5.85. The Morgan fingerprint density at radius 1 is 1.27 bits per heavy atom. The van der Waals surface area contributed by atoms with Crippen LogP contribution in [0.5, 0.6) is 0 Å². The lowest BCUT2D eigenvalue weighted by atomic mass is 9.82. The molecule has 0 spiro atoms. The zero-order valence-corrected chi connectivity index (χ0v) is 11.0. The van der Waals surface area contributed by atoms with E-state index in [0.29, 0.717) is 5.78 Å². The first-order valence-corrected chi connectivity index (χ1v) is 5.94. The van der Waals surface area contributed by atoms with E-state index in [1.807, 2.05) is 27.7 Å². The van der Waals surface area contributed by atoms with Crippen LogP contribution in [0.2, 0.25) is 0 Å². The van der Waals surface area contributed by atoms with Crippen LogP contribution in [0, 0.1) is 11.3 Å². The monoisotopic (exact) mass is 210 g/mol. The van der Waals surface area contributed by atoms with E-state index in [0.717, 1.165) is 25.7 Å². The van der Waals surface area contributed by atoms with Crippen molar-refractivity contribution in [3.8, 4) is 0 Å². The van der Waals surface area contributed by atoms with Gasteiger partial charge in [0.15, 0.2) is 0 Å². The van der Waals surface area contributed by atoms with Crippen molar-refractivity contribution in [2.24, 2.45) is 11.3 Å². The molecule has 1 nitrogen and oxygen atoms in total. The summed E-state index contributed by atoms with van der Waals surface area (Å²) >= 11 is 0. The van der Waals surface area contributed by atoms with E-state index in [-0.39, 0.29) is 11.3 Å². The molecule has 88 valence electrons. The summed E-state index contributed by atoms with van der Waals surface area (Å²) in [5.41, 5.74) is 1.05. The lowest BCUT2D eigenvalue weighted by molar-refractivity contribution is -0.130. The molecule has 0 bridgehead atoms. The maximum absolute atomic E-state index is 11.9. The maximum Gasteiger partial charge on any atom is 0.140 e. The van der Waals surface area contributed by atoms with Gasteiger partial charge in [0, 0.05) is 11.3 Å². The third-order valence-electron chi connectivity index (χ3n) is 2.68. The topological polar surface area (TPSA) is 17.1 Å². The van der Waals surface area contributed by atoms with Gasteiger partial charge in [0.2, 0.25) is 0 Å². The Bertz CT molecular complexity index is 220. The molecule has 0 radical (unpaired) electrons. The Balaban J connectivity index is 3.80. The molecule has 0 rings (SSSR count). The normalized spacial score (nSPS) is 13.7. The fraction of sp³-hybridized carbons (Fsp3) is 0.786. The minimum atomic E-state index is -0.187. The maximum atomic E-state index is 11.9. The minimum absolute atomic E-state index is 0.187. The standard InChI is InChI=1S/C14H26O/c1-11(2)9-7-8-10-12(3)13(15)14(4,5)6/h12H,1,7-10H2,2-6H3. The Morgan fingerprint density at radius 3 is 2.20 bits per heavy atom. The van der Waals surface area contributed by atoms with Crippen LogP contribution in [0.3, 0.4) is 0 Å². The average Bonchev–Trinajstić information content (AvgIpc) is 2.09. The summed E-state index contributed by atoms with van der Waals surface area (Å²) in [7, 11) is 0. The molecule has 0 saturated carbocycles. The second-order valence-corrected chi connectivity index (χ2v) is 5.72. The van der Waals surface area contributed by atoms with Crippen molar-refractivity contribution < 1.29 is 4.79 Å². The lowest BCUT2D eigenvalue weighted by Crippen LogP contribution is -2.26. The fourth-order valence-electron chi connectivity index (χ4n) is 1.75. The highest BCUT2D eigenvalue weighted by atomic mass is 16.1. The number of ketones is 1. The van der Waals surface area contributed by atoms with Gasteiger partial charge in [-0.1, -0.05) is 39.7 Å². The third kappa shape index (κ3) is 6.48. The Labute approximate surface area is 95.0 Å². The number of Topliss-reactive ketones (excluding diaryl/α,β-unsaturated/α-hetero) is 1. The molecule has 1 atom stereocenters. The van der Waals surface area contributed by atoms with E-state index >= 15 is 0 Å². The molecule has 1 unspecified atom stereocenters. The number of hydrogen-bond acceptors (Lipinski definition) is 1. The van der Waals surface area contributed by atoms with Crippen LogP contribution in [0.4, 0.5) is 0 Å². The number of allylic oxidation sites excluding steroid dienone is 1. The molecule has 0 aromatic heterocycles. The summed E-state index contributed by atoms with van der Waals surface area (Å²) in [5.74, 6) is 0.591. The zero-order valence-electron chi connectivity index (χ0n) is 11.0. The summed E-state index contributed by atoms with van der Waals surface area (Å²) < 4.78 is 0. The van der Waals surface area contributed by atoms with Crippen molar-refractivity contribution in [2.75, 3.05) is 0 Å². The number of rotatable bonds is 6. The number of carbonyl (C=O) groups is 1. The lowest BCUT2D eigenvalue weighted by Gasteiger charge is -2.21. The van der Waals surface area contributed by atoms with Crippen LogP contribution < -0.4 is 0 Å². The van der Waals surface area contributed by atoms with Crippen LogP contribution in [-0.2, 0) is 4.79 Å². The summed E-state index contributed by atoms with van der Waals surface area (Å²) in [6, 6.07) is 0. The zero-order chi connectivity index (χ0) is 12.1. The second-order valence-electron chi connectivity index (χ2n) is 5.72. The Hall–Kier alpha value is -0.590. The quantitative estimate of drug-likeness (QED) is 0.470. The Morgan fingerprint density at radius 2 is 1.80 bits per heavy atom. The van der Waals surface area contributed by atoms with E-state index < -0.39 is 0 Å². The molecule has 0 amide bonds. The van der Waals surface area contributed by atoms with Gasteiger partial charge in [0.1, 0.15) is 5.78 Å². The number of unbranched alkanes of at least 4 members (excludes halogenated alkanes) is 1. The van der Waals surface area contributed by atoms with Crippen LogP contribution in [0.1, 0.15) is 60.3 Å². The van der Waals surface area contributed by atoms with E-state index in [1.165, 1.54) is 5.57 Å². The van der Waals surface area contributed by atoms with Gasteiger partial charge in [-0.15, -0.1) is 6.58 Å². The van der Waals surface area contributed by atoms with Crippen molar-refractivity contribution in [3.05, 3.63) is 12.2 Å². The van der Waals surface area contributed by atoms with E-state index in [2.05, 4.69) is 13.5 Å². The van der Waals surface area contributed by atoms with Gasteiger partial charge in [-0.05, 0) is 26.2 Å². The average molecular weight is 210 g/mol. The van der Waals surface area contributed by atoms with Gasteiger partial charge in [-0.25, -0.2) is 0 Å². The predicted octanol–water partition coefficient (Wildman–Crippen LogP) is 4.37. The number of hydrogen-bond donors (Lipinski definition) is 0. The SMILES string of the molecule is C=C(C)CCCCC(C)C(=O)C(C)(C)C. The van der Waals surface area contributed by atoms with Gasteiger partial charge in [0.05, 0.1) is 0 Å². The third-order valence-corrected chi connectivity index (χ3v) is 2.68. The number of carbonyl (C=O) groups excluding carboxylic acids is 1. The predicted molar refractivity (Wildman–Crippen MR) is 66.9 cm³/mol. The molecule has 0 N–H and O–H groups in total. The molecule has 0 aromatic rings. The van der Waals surface area contributed by atoms with Crippen LogP contribution in [0.25, 0.3) is 0 Å². The highest BCUT2D eigenvalue weighted by Gasteiger charge is 2.25. The van der Waals surface area contributed by atoms with E-state index in [4.69, 9.17) is 0 Å². The summed E-state index contributed by atoms with van der Waals surface area (Å²) in [4.78, 5) is 11.9. The van der Waals surface area contributed by atoms with Crippen LogP contribution >= 0.6 is 0 Å². The molecule has 1 heteroatoms. The van der Waals surface area contributed by atoms with Gasteiger partial charge < -0.3 is 0 Å². The Kier molecular flexibility index (Phi) is 5.85. The molecule has 0 aliphatic rings. The van der Waals surface area contributed by atoms with Gasteiger partial charge >= 0.3 is 0 Å². The highest BCUT2D eigenvalue weighted by Crippen LogP contribution is 2.23. The van der Waals surface area contributed by atoms with Gasteiger partial charge in [-0.2, -0.15) is 0 Å². The second kappa shape index (κ2) is 6.09. The van der Waals surface area contributed by atoms with Crippen molar-refractivity contribution in [1.82, 2.24) is 0 Å². The first-order chi connectivity index (χ1) is 6.75. The molecule has 0 aliphatic carbocycles. The van der Waals surface area contributed by atoms with Crippen molar-refractivity contribution >= 4 is 5.78 Å².